The second-order valence-corrected chi connectivity index (χ2v) is 2.99. The number of hydrogen-bond acceptors (Lipinski definition) is 2. The van der Waals surface area contributed by atoms with Crippen LogP contribution in [-0.2, 0) is 0 Å². The zero-order valence-electron chi connectivity index (χ0n) is 10.2. The van der Waals surface area contributed by atoms with Gasteiger partial charge in [-0.2, -0.15) is 0 Å². The Kier molecular flexibility index (Phi) is 8.17. The highest BCUT2D eigenvalue weighted by Gasteiger charge is 1.96. The van der Waals surface area contributed by atoms with Crippen LogP contribution >= 0.6 is 0 Å². The van der Waals surface area contributed by atoms with Crippen LogP contribution in [0.25, 0.3) is 0 Å². The maximum absolute atomic E-state index is 12.8. The fraction of sp³-hybridized carbons (Fsp3) is 0.385. The van der Waals surface area contributed by atoms with Crippen LogP contribution in [0, 0.1) is 6.92 Å². The molecule has 2 N–H and O–H groups in total. The summed E-state index contributed by atoms with van der Waals surface area (Å²) in [5, 5.41) is 0. The van der Waals surface area contributed by atoms with Gasteiger partial charge < -0.3 is 10.5 Å². The summed E-state index contributed by atoms with van der Waals surface area (Å²) in [6, 6.07) is 7.45. The van der Waals surface area contributed by atoms with Gasteiger partial charge in [-0.15, -0.1) is 0 Å². The molecule has 0 aliphatic rings. The zero-order chi connectivity index (χ0) is 12.4. The van der Waals surface area contributed by atoms with E-state index >= 15 is 0 Å². The molecule has 0 saturated heterocycles. The van der Waals surface area contributed by atoms with E-state index in [1.807, 2.05) is 45.0 Å². The van der Waals surface area contributed by atoms with Crippen LogP contribution in [0.3, 0.4) is 0 Å². The maximum Gasteiger partial charge on any atom is 0.139 e. The third-order valence-corrected chi connectivity index (χ3v) is 1.74. The SMILES string of the molecule is CC.Cc1ccc(OC/C(F)=C\CN)cc1. The predicted octanol–water partition coefficient (Wildman–Crippen LogP) is 3.21. The van der Waals surface area contributed by atoms with Gasteiger partial charge in [-0.3, -0.25) is 0 Å². The molecule has 2 nitrogen and oxygen atoms in total. The molecule has 0 spiro atoms. The Morgan fingerprint density at radius 2 is 1.88 bits per heavy atom. The normalized spacial score (nSPS) is 10.4. The topological polar surface area (TPSA) is 35.2 Å². The Labute approximate surface area is 96.9 Å². The standard InChI is InChI=1S/C11H14FNO.C2H6/c1-9-2-4-11(5-3-9)14-8-10(12)6-7-13;1-2/h2-6H,7-8,13H2,1H3;1-2H3/b10-6+;. The third-order valence-electron chi connectivity index (χ3n) is 1.74. The number of ether oxygens (including phenoxy) is 1. The van der Waals surface area contributed by atoms with Crippen molar-refractivity contribution < 1.29 is 9.13 Å². The first-order valence-electron chi connectivity index (χ1n) is 5.46. The van der Waals surface area contributed by atoms with Crippen molar-refractivity contribution in [2.75, 3.05) is 13.2 Å². The molecule has 0 aliphatic carbocycles. The highest BCUT2D eigenvalue weighted by Crippen LogP contribution is 2.12. The lowest BCUT2D eigenvalue weighted by atomic mass is 10.2. The number of benzene rings is 1. The average molecular weight is 225 g/mol. The van der Waals surface area contributed by atoms with E-state index in [4.69, 9.17) is 10.5 Å². The van der Waals surface area contributed by atoms with Gasteiger partial charge in [-0.25, -0.2) is 4.39 Å². The fourth-order valence-electron chi connectivity index (χ4n) is 0.974. The van der Waals surface area contributed by atoms with E-state index in [0.717, 1.165) is 5.56 Å². The first kappa shape index (κ1) is 14.6. The lowest BCUT2D eigenvalue weighted by Gasteiger charge is -2.04. The first-order valence-corrected chi connectivity index (χ1v) is 5.46. The van der Waals surface area contributed by atoms with Crippen molar-refractivity contribution >= 4 is 0 Å². The van der Waals surface area contributed by atoms with Crippen molar-refractivity contribution in [3.63, 3.8) is 0 Å². The summed E-state index contributed by atoms with van der Waals surface area (Å²) in [6.07, 6.45) is 1.30. The summed E-state index contributed by atoms with van der Waals surface area (Å²) in [5.41, 5.74) is 6.29. The molecule has 90 valence electrons. The molecule has 0 amide bonds. The number of halogens is 1. The van der Waals surface area contributed by atoms with Crippen LogP contribution < -0.4 is 10.5 Å². The van der Waals surface area contributed by atoms with Crippen molar-refractivity contribution in [1.82, 2.24) is 0 Å². The quantitative estimate of drug-likeness (QED) is 0.854. The molecule has 0 atom stereocenters. The molecule has 0 saturated carbocycles. The van der Waals surface area contributed by atoms with Crippen molar-refractivity contribution in [2.45, 2.75) is 20.8 Å². The van der Waals surface area contributed by atoms with Gasteiger partial charge in [0.1, 0.15) is 18.2 Å². The maximum atomic E-state index is 12.8. The predicted molar refractivity (Wildman–Crippen MR) is 66.3 cm³/mol. The Balaban J connectivity index is 0.00000106. The Hall–Kier alpha value is -1.35. The van der Waals surface area contributed by atoms with E-state index in [1.165, 1.54) is 6.08 Å². The summed E-state index contributed by atoms with van der Waals surface area (Å²) in [4.78, 5) is 0. The summed E-state index contributed by atoms with van der Waals surface area (Å²) in [7, 11) is 0. The Morgan fingerprint density at radius 3 is 2.38 bits per heavy atom. The smallest absolute Gasteiger partial charge is 0.139 e. The largest absolute Gasteiger partial charge is 0.487 e. The van der Waals surface area contributed by atoms with Gasteiger partial charge in [0.25, 0.3) is 0 Å². The average Bonchev–Trinajstić information content (AvgIpc) is 2.31. The lowest BCUT2D eigenvalue weighted by molar-refractivity contribution is 0.318. The highest BCUT2D eigenvalue weighted by atomic mass is 19.1. The molecule has 1 aromatic carbocycles. The second kappa shape index (κ2) is 8.92. The van der Waals surface area contributed by atoms with Gasteiger partial charge in [0.05, 0.1) is 0 Å². The minimum Gasteiger partial charge on any atom is -0.487 e. The highest BCUT2D eigenvalue weighted by molar-refractivity contribution is 5.26. The van der Waals surface area contributed by atoms with Crippen LogP contribution in [0.5, 0.6) is 5.75 Å². The van der Waals surface area contributed by atoms with Crippen molar-refractivity contribution in [3.8, 4) is 5.75 Å². The van der Waals surface area contributed by atoms with Crippen LogP contribution in [0.4, 0.5) is 4.39 Å². The number of hydrogen-bond donors (Lipinski definition) is 1. The van der Waals surface area contributed by atoms with E-state index in [1.54, 1.807) is 0 Å². The van der Waals surface area contributed by atoms with E-state index in [-0.39, 0.29) is 19.0 Å². The summed E-state index contributed by atoms with van der Waals surface area (Å²) in [6.45, 7) is 6.13. The van der Waals surface area contributed by atoms with Gasteiger partial charge in [-0.05, 0) is 25.1 Å². The second-order valence-electron chi connectivity index (χ2n) is 2.99. The van der Waals surface area contributed by atoms with Crippen molar-refractivity contribution in [2.24, 2.45) is 5.73 Å². The molecule has 0 fully saturated rings. The molecular weight excluding hydrogens is 205 g/mol. The van der Waals surface area contributed by atoms with E-state index < -0.39 is 0 Å². The van der Waals surface area contributed by atoms with Gasteiger partial charge >= 0.3 is 0 Å². The van der Waals surface area contributed by atoms with Crippen molar-refractivity contribution in [1.29, 1.82) is 0 Å². The van der Waals surface area contributed by atoms with Crippen molar-refractivity contribution in [3.05, 3.63) is 41.7 Å². The minimum atomic E-state index is -0.340. The number of aryl methyl sites for hydroxylation is 1. The Bertz CT molecular complexity index is 306. The summed E-state index contributed by atoms with van der Waals surface area (Å²) in [5.74, 6) is 0.323. The minimum absolute atomic E-state index is 0.0553. The number of rotatable bonds is 4. The van der Waals surface area contributed by atoms with Crippen LogP contribution in [0.2, 0.25) is 0 Å². The van der Waals surface area contributed by atoms with Gasteiger partial charge in [0, 0.05) is 6.54 Å². The van der Waals surface area contributed by atoms with Crippen LogP contribution in [0.15, 0.2) is 36.2 Å². The first-order chi connectivity index (χ1) is 7.72. The molecule has 1 rings (SSSR count). The molecular formula is C13H20FNO. The molecule has 0 aromatic heterocycles. The molecule has 0 heterocycles. The number of nitrogens with two attached hydrogens (primary N) is 1. The Morgan fingerprint density at radius 1 is 1.31 bits per heavy atom. The van der Waals surface area contributed by atoms with Crippen LogP contribution in [0.1, 0.15) is 19.4 Å². The van der Waals surface area contributed by atoms with Gasteiger partial charge in [0.2, 0.25) is 0 Å². The third kappa shape index (κ3) is 6.19. The molecule has 0 aliphatic heterocycles. The fourth-order valence-corrected chi connectivity index (χ4v) is 0.974. The van der Waals surface area contributed by atoms with Gasteiger partial charge in [-0.1, -0.05) is 31.5 Å². The van der Waals surface area contributed by atoms with E-state index in [2.05, 4.69) is 0 Å². The van der Waals surface area contributed by atoms with Gasteiger partial charge in [0.15, 0.2) is 0 Å². The molecule has 3 heteroatoms. The summed E-state index contributed by atoms with van der Waals surface area (Å²) >= 11 is 0. The zero-order valence-corrected chi connectivity index (χ0v) is 10.2. The van der Waals surface area contributed by atoms with Crippen LogP contribution in [-0.4, -0.2) is 13.2 Å². The molecule has 1 aromatic rings. The van der Waals surface area contributed by atoms with E-state index in [0.29, 0.717) is 5.75 Å². The monoisotopic (exact) mass is 225 g/mol. The molecule has 0 radical (unpaired) electrons. The molecule has 0 bridgehead atoms. The molecule has 0 unspecified atom stereocenters. The lowest BCUT2D eigenvalue weighted by Crippen LogP contribution is -2.01. The molecule has 16 heavy (non-hydrogen) atoms. The summed E-state index contributed by atoms with van der Waals surface area (Å²) < 4.78 is 18.0. The van der Waals surface area contributed by atoms with E-state index in [9.17, 15) is 4.39 Å².